The maximum Gasteiger partial charge on any atom is 0.410 e. The number of ether oxygens (including phenoxy) is 2. The van der Waals surface area contributed by atoms with Crippen molar-refractivity contribution in [1.82, 2.24) is 14.3 Å². The number of hydrogen-bond donors (Lipinski definition) is 0. The topological polar surface area (TPSA) is 73.1 Å². The Morgan fingerprint density at radius 3 is 2.67 bits per heavy atom. The molecule has 188 valence electrons. The number of carbonyl (C=O) groups is 2. The van der Waals surface area contributed by atoms with Crippen LogP contribution in [0.1, 0.15) is 61.1 Å². The number of likely N-dealkylation sites (tertiary alicyclic amines) is 1. The molecule has 2 aromatic heterocycles. The molecule has 1 aliphatic rings. The molecule has 9 heteroatoms. The summed E-state index contributed by atoms with van der Waals surface area (Å²) in [6.45, 7) is 7.95. The Bertz CT molecular complexity index is 1500. The van der Waals surface area contributed by atoms with E-state index in [1.807, 2.05) is 56.5 Å². The maximum absolute atomic E-state index is 15.4. The molecule has 36 heavy (non-hydrogen) atoms. The summed E-state index contributed by atoms with van der Waals surface area (Å²) in [5, 5.41) is 0. The van der Waals surface area contributed by atoms with Gasteiger partial charge in [-0.05, 0) is 75.9 Å². The van der Waals surface area contributed by atoms with Gasteiger partial charge in [-0.2, -0.15) is 0 Å². The predicted octanol–water partition coefficient (Wildman–Crippen LogP) is 6.52. The number of esters is 1. The fraction of sp³-hybridized carbons (Fsp3) is 0.370. The zero-order valence-corrected chi connectivity index (χ0v) is 21.7. The Morgan fingerprint density at radius 2 is 1.97 bits per heavy atom. The number of hydrogen-bond acceptors (Lipinski definition) is 6. The maximum atomic E-state index is 15.4. The first kappa shape index (κ1) is 24.2. The number of halogens is 1. The van der Waals surface area contributed by atoms with Crippen molar-refractivity contribution >= 4 is 38.6 Å². The number of fused-ring (bicyclic) bond motifs is 3. The molecule has 1 atom stereocenters. The van der Waals surface area contributed by atoms with Crippen LogP contribution in [-0.2, 0) is 9.47 Å². The second kappa shape index (κ2) is 8.89. The Labute approximate surface area is 212 Å². The van der Waals surface area contributed by atoms with Crippen LogP contribution < -0.4 is 0 Å². The van der Waals surface area contributed by atoms with E-state index in [9.17, 15) is 9.59 Å². The van der Waals surface area contributed by atoms with Crippen molar-refractivity contribution in [2.24, 2.45) is 0 Å². The lowest BCUT2D eigenvalue weighted by molar-refractivity contribution is 0.0224. The van der Waals surface area contributed by atoms with Gasteiger partial charge in [-0.3, -0.25) is 4.40 Å². The van der Waals surface area contributed by atoms with E-state index in [4.69, 9.17) is 9.47 Å². The third-order valence-electron chi connectivity index (χ3n) is 6.38. The summed E-state index contributed by atoms with van der Waals surface area (Å²) in [7, 11) is 1.36. The van der Waals surface area contributed by atoms with E-state index in [1.54, 1.807) is 11.0 Å². The molecule has 4 aromatic rings. The number of benzene rings is 2. The van der Waals surface area contributed by atoms with Crippen LogP contribution in [-0.4, -0.2) is 45.6 Å². The van der Waals surface area contributed by atoms with Crippen LogP contribution >= 0.6 is 11.3 Å². The van der Waals surface area contributed by atoms with Crippen LogP contribution in [0.3, 0.4) is 0 Å². The first-order valence-electron chi connectivity index (χ1n) is 11.9. The standard InChI is InChI=1S/C27H28FN3O4S/c1-15-11-22-23(13-18(15)24(32)34-5)36-25-29-20(14-31(22)25)17-9-8-16(12-19(17)28)21-7-6-10-30(21)26(33)35-27(2,3)4/h8-9,11-14,21H,6-7,10H2,1-5H3/t21-/m0/s1. The quantitative estimate of drug-likeness (QED) is 0.294. The molecule has 1 saturated heterocycles. The van der Waals surface area contributed by atoms with E-state index in [-0.39, 0.29) is 23.9 Å². The molecule has 2 aromatic carbocycles. The van der Waals surface area contributed by atoms with Crippen molar-refractivity contribution in [2.75, 3.05) is 13.7 Å². The molecule has 0 N–H and O–H groups in total. The van der Waals surface area contributed by atoms with E-state index in [0.29, 0.717) is 28.3 Å². The number of carbonyl (C=O) groups excluding carboxylic acids is 2. The van der Waals surface area contributed by atoms with Crippen LogP contribution in [0.15, 0.2) is 36.5 Å². The second-order valence-corrected chi connectivity index (χ2v) is 11.1. The number of thiazole rings is 1. The minimum Gasteiger partial charge on any atom is -0.465 e. The minimum absolute atomic E-state index is 0.218. The highest BCUT2D eigenvalue weighted by Gasteiger charge is 2.33. The summed E-state index contributed by atoms with van der Waals surface area (Å²) < 4.78 is 28.6. The van der Waals surface area contributed by atoms with E-state index >= 15 is 4.39 Å². The lowest BCUT2D eigenvalue weighted by atomic mass is 10.0. The molecule has 0 bridgehead atoms. The van der Waals surface area contributed by atoms with E-state index in [2.05, 4.69) is 4.98 Å². The van der Waals surface area contributed by atoms with Crippen LogP contribution in [0, 0.1) is 12.7 Å². The molecule has 0 saturated carbocycles. The predicted molar refractivity (Wildman–Crippen MR) is 137 cm³/mol. The molecule has 5 rings (SSSR count). The van der Waals surface area contributed by atoms with Gasteiger partial charge in [0, 0.05) is 18.3 Å². The van der Waals surface area contributed by atoms with Gasteiger partial charge in [-0.15, -0.1) is 0 Å². The van der Waals surface area contributed by atoms with Gasteiger partial charge < -0.3 is 14.4 Å². The highest BCUT2D eigenvalue weighted by molar-refractivity contribution is 7.23. The monoisotopic (exact) mass is 509 g/mol. The van der Waals surface area contributed by atoms with Crippen LogP contribution in [0.5, 0.6) is 0 Å². The molecular formula is C27H28FN3O4S. The molecule has 1 fully saturated rings. The van der Waals surface area contributed by atoms with Crippen molar-refractivity contribution in [3.63, 3.8) is 0 Å². The minimum atomic E-state index is -0.586. The van der Waals surface area contributed by atoms with Crippen molar-refractivity contribution in [3.8, 4) is 11.3 Å². The lowest BCUT2D eigenvalue weighted by Crippen LogP contribution is -2.36. The summed E-state index contributed by atoms with van der Waals surface area (Å²) >= 11 is 1.43. The number of rotatable bonds is 3. The fourth-order valence-electron chi connectivity index (χ4n) is 4.71. The van der Waals surface area contributed by atoms with Gasteiger partial charge in [0.25, 0.3) is 0 Å². The molecule has 7 nitrogen and oxygen atoms in total. The number of amides is 1. The summed E-state index contributed by atoms with van der Waals surface area (Å²) in [6.07, 6.45) is 3.04. The Balaban J connectivity index is 1.45. The van der Waals surface area contributed by atoms with Crippen LogP contribution in [0.25, 0.3) is 26.4 Å². The van der Waals surface area contributed by atoms with Gasteiger partial charge in [0.2, 0.25) is 0 Å². The van der Waals surface area contributed by atoms with Gasteiger partial charge in [0.15, 0.2) is 4.96 Å². The van der Waals surface area contributed by atoms with Gasteiger partial charge in [0.1, 0.15) is 11.4 Å². The number of aryl methyl sites for hydroxylation is 1. The second-order valence-electron chi connectivity index (χ2n) is 10.1. The lowest BCUT2D eigenvalue weighted by Gasteiger charge is -2.29. The van der Waals surface area contributed by atoms with Crippen LogP contribution in [0.4, 0.5) is 9.18 Å². The Kier molecular flexibility index (Phi) is 5.98. The van der Waals surface area contributed by atoms with Crippen molar-refractivity contribution < 1.29 is 23.5 Å². The number of aromatic nitrogens is 2. The van der Waals surface area contributed by atoms with Gasteiger partial charge in [-0.1, -0.05) is 17.4 Å². The summed E-state index contributed by atoms with van der Waals surface area (Å²) in [4.78, 5) is 31.8. The highest BCUT2D eigenvalue weighted by atomic mass is 32.1. The molecule has 1 amide bonds. The number of nitrogens with zero attached hydrogens (tertiary/aromatic N) is 3. The van der Waals surface area contributed by atoms with Gasteiger partial charge in [0.05, 0.1) is 34.6 Å². The van der Waals surface area contributed by atoms with Crippen molar-refractivity contribution in [3.05, 3.63) is 59.0 Å². The third kappa shape index (κ3) is 4.32. The first-order valence-corrected chi connectivity index (χ1v) is 12.7. The molecule has 3 heterocycles. The van der Waals surface area contributed by atoms with Crippen molar-refractivity contribution in [2.45, 2.75) is 52.2 Å². The van der Waals surface area contributed by atoms with E-state index < -0.39 is 5.60 Å². The zero-order valence-electron chi connectivity index (χ0n) is 20.9. The molecule has 0 radical (unpaired) electrons. The average molecular weight is 510 g/mol. The number of methoxy groups -OCH3 is 1. The number of imidazole rings is 1. The largest absolute Gasteiger partial charge is 0.465 e. The molecule has 0 unspecified atom stereocenters. The fourth-order valence-corrected chi connectivity index (χ4v) is 5.74. The summed E-state index contributed by atoms with van der Waals surface area (Å²) in [5.41, 5.74) is 3.29. The summed E-state index contributed by atoms with van der Waals surface area (Å²) in [5.74, 6) is -0.765. The molecule has 1 aliphatic heterocycles. The molecule has 0 spiro atoms. The SMILES string of the molecule is COC(=O)c1cc2sc3nc(-c4ccc([C@@H]5CCCN5C(=O)OC(C)(C)C)cc4F)cn3c2cc1C. The smallest absolute Gasteiger partial charge is 0.410 e. The van der Waals surface area contributed by atoms with Gasteiger partial charge >= 0.3 is 12.1 Å². The van der Waals surface area contributed by atoms with Crippen LogP contribution in [0.2, 0.25) is 0 Å². The van der Waals surface area contributed by atoms with Gasteiger partial charge in [-0.25, -0.2) is 19.0 Å². The first-order chi connectivity index (χ1) is 17.1. The zero-order chi connectivity index (χ0) is 25.8. The molecular weight excluding hydrogens is 481 g/mol. The Morgan fingerprint density at radius 1 is 1.19 bits per heavy atom. The van der Waals surface area contributed by atoms with E-state index in [0.717, 1.165) is 34.2 Å². The third-order valence-corrected chi connectivity index (χ3v) is 7.40. The average Bonchev–Trinajstić information content (AvgIpc) is 3.52. The normalized spacial score (nSPS) is 16.2. The van der Waals surface area contributed by atoms with E-state index in [1.165, 1.54) is 24.5 Å². The summed E-state index contributed by atoms with van der Waals surface area (Å²) in [6, 6.07) is 8.60. The van der Waals surface area contributed by atoms with Crippen molar-refractivity contribution in [1.29, 1.82) is 0 Å². The molecule has 0 aliphatic carbocycles. The Hall–Kier alpha value is -3.46. The highest BCUT2D eigenvalue weighted by Crippen LogP contribution is 2.36.